The van der Waals surface area contributed by atoms with Gasteiger partial charge >= 0.3 is 0 Å². The van der Waals surface area contributed by atoms with E-state index in [1.807, 2.05) is 6.20 Å². The number of aromatic amines is 1. The van der Waals surface area contributed by atoms with Gasteiger partial charge < -0.3 is 5.73 Å². The zero-order valence-electron chi connectivity index (χ0n) is 9.43. The molecule has 3 N–H and O–H groups in total. The van der Waals surface area contributed by atoms with E-state index in [4.69, 9.17) is 5.73 Å². The summed E-state index contributed by atoms with van der Waals surface area (Å²) in [4.78, 5) is 12.9. The van der Waals surface area contributed by atoms with Gasteiger partial charge in [0.2, 0.25) is 0 Å². The predicted molar refractivity (Wildman–Crippen MR) is 61.9 cm³/mol. The van der Waals surface area contributed by atoms with Crippen molar-refractivity contribution in [3.05, 3.63) is 23.8 Å². The number of nitrogens with zero attached hydrogens (tertiary/aromatic N) is 4. The minimum atomic E-state index is 0.0660. The molecule has 2 aromatic rings. The van der Waals surface area contributed by atoms with Gasteiger partial charge in [-0.15, -0.1) is 0 Å². The summed E-state index contributed by atoms with van der Waals surface area (Å²) >= 11 is 0. The Bertz CT molecular complexity index is 507. The lowest BCUT2D eigenvalue weighted by Gasteiger charge is -2.11. The lowest BCUT2D eigenvalue weighted by atomic mass is 10.1. The van der Waals surface area contributed by atoms with Crippen LogP contribution in [0.3, 0.4) is 0 Å². The van der Waals surface area contributed by atoms with Gasteiger partial charge in [0, 0.05) is 23.5 Å². The Morgan fingerprint density at radius 2 is 2.24 bits per heavy atom. The molecule has 0 radical (unpaired) electrons. The molecule has 0 saturated heterocycles. The molecule has 2 heterocycles. The third kappa shape index (κ3) is 1.91. The standard InChI is InChI=1S/C11H14N6/c12-8-3-1-2-4-9-7(8)5-13-10(16-9)11-14-6-15-17-11/h5-6,8H,1-4,12H2,(H,14,15,17). The number of hydrogen-bond donors (Lipinski definition) is 2. The average Bonchev–Trinajstić information content (AvgIpc) is 2.82. The molecule has 1 aliphatic carbocycles. The van der Waals surface area contributed by atoms with Gasteiger partial charge in [0.15, 0.2) is 11.6 Å². The van der Waals surface area contributed by atoms with Crippen molar-refractivity contribution in [2.75, 3.05) is 0 Å². The summed E-state index contributed by atoms with van der Waals surface area (Å²) in [6, 6.07) is 0.0660. The summed E-state index contributed by atoms with van der Waals surface area (Å²) in [6.07, 6.45) is 7.54. The first-order valence-corrected chi connectivity index (χ1v) is 5.82. The van der Waals surface area contributed by atoms with Crippen molar-refractivity contribution >= 4 is 0 Å². The van der Waals surface area contributed by atoms with E-state index in [0.29, 0.717) is 11.6 Å². The van der Waals surface area contributed by atoms with Gasteiger partial charge in [0.25, 0.3) is 0 Å². The highest BCUT2D eigenvalue weighted by Gasteiger charge is 2.18. The van der Waals surface area contributed by atoms with Crippen LogP contribution in [-0.2, 0) is 6.42 Å². The van der Waals surface area contributed by atoms with E-state index in [0.717, 1.165) is 36.9 Å². The lowest BCUT2D eigenvalue weighted by Crippen LogP contribution is -2.12. The number of hydrogen-bond acceptors (Lipinski definition) is 5. The Morgan fingerprint density at radius 1 is 1.29 bits per heavy atom. The van der Waals surface area contributed by atoms with Gasteiger partial charge in [-0.25, -0.2) is 15.0 Å². The molecule has 0 bridgehead atoms. The molecular weight excluding hydrogens is 216 g/mol. The molecule has 6 nitrogen and oxygen atoms in total. The van der Waals surface area contributed by atoms with Crippen molar-refractivity contribution in [1.29, 1.82) is 0 Å². The van der Waals surface area contributed by atoms with Gasteiger partial charge in [0.05, 0.1) is 0 Å². The molecule has 1 atom stereocenters. The van der Waals surface area contributed by atoms with Gasteiger partial charge in [-0.05, 0) is 19.3 Å². The summed E-state index contributed by atoms with van der Waals surface area (Å²) in [5.41, 5.74) is 8.23. The summed E-state index contributed by atoms with van der Waals surface area (Å²) in [6.45, 7) is 0. The van der Waals surface area contributed by atoms with Crippen molar-refractivity contribution in [2.24, 2.45) is 5.73 Å². The van der Waals surface area contributed by atoms with Crippen LogP contribution in [0.1, 0.15) is 36.6 Å². The van der Waals surface area contributed by atoms with Gasteiger partial charge in [-0.2, -0.15) is 5.10 Å². The third-order valence-electron chi connectivity index (χ3n) is 3.11. The maximum absolute atomic E-state index is 6.10. The highest BCUT2D eigenvalue weighted by molar-refractivity contribution is 5.43. The molecule has 6 heteroatoms. The maximum Gasteiger partial charge on any atom is 0.197 e. The molecule has 0 spiro atoms. The van der Waals surface area contributed by atoms with Crippen LogP contribution in [0.15, 0.2) is 12.5 Å². The Balaban J connectivity index is 2.03. The van der Waals surface area contributed by atoms with Crippen LogP contribution in [0.4, 0.5) is 0 Å². The molecule has 0 saturated carbocycles. The van der Waals surface area contributed by atoms with Crippen LogP contribution < -0.4 is 5.73 Å². The van der Waals surface area contributed by atoms with Crippen LogP contribution >= 0.6 is 0 Å². The molecule has 1 aliphatic rings. The van der Waals surface area contributed by atoms with E-state index < -0.39 is 0 Å². The highest BCUT2D eigenvalue weighted by atomic mass is 15.2. The second kappa shape index (κ2) is 4.21. The first-order valence-electron chi connectivity index (χ1n) is 5.82. The quantitative estimate of drug-likeness (QED) is 0.712. The SMILES string of the molecule is NC1CCCCc2nc(-c3ncn[nH]3)ncc21. The molecule has 0 fully saturated rings. The Hall–Kier alpha value is -1.82. The van der Waals surface area contributed by atoms with Gasteiger partial charge in [-0.1, -0.05) is 6.42 Å². The van der Waals surface area contributed by atoms with E-state index in [-0.39, 0.29) is 6.04 Å². The molecule has 0 amide bonds. The van der Waals surface area contributed by atoms with E-state index in [1.165, 1.54) is 6.33 Å². The number of aromatic nitrogens is 5. The fraction of sp³-hybridized carbons (Fsp3) is 0.455. The van der Waals surface area contributed by atoms with Crippen LogP contribution in [0.5, 0.6) is 0 Å². The summed E-state index contributed by atoms with van der Waals surface area (Å²) in [5.74, 6) is 1.20. The second-order valence-corrected chi connectivity index (χ2v) is 4.28. The van der Waals surface area contributed by atoms with Crippen molar-refractivity contribution in [1.82, 2.24) is 25.1 Å². The second-order valence-electron chi connectivity index (χ2n) is 4.28. The minimum Gasteiger partial charge on any atom is -0.324 e. The lowest BCUT2D eigenvalue weighted by molar-refractivity contribution is 0.614. The van der Waals surface area contributed by atoms with Crippen LogP contribution in [0, 0.1) is 0 Å². The fourth-order valence-corrected chi connectivity index (χ4v) is 2.18. The molecule has 2 aromatic heterocycles. The van der Waals surface area contributed by atoms with Crippen molar-refractivity contribution in [3.8, 4) is 11.6 Å². The van der Waals surface area contributed by atoms with Crippen LogP contribution in [-0.4, -0.2) is 25.1 Å². The van der Waals surface area contributed by atoms with E-state index in [1.54, 1.807) is 0 Å². The summed E-state index contributed by atoms with van der Waals surface area (Å²) in [7, 11) is 0. The van der Waals surface area contributed by atoms with Gasteiger partial charge in [0.1, 0.15) is 6.33 Å². The molecular formula is C11H14N6. The number of rotatable bonds is 1. The maximum atomic E-state index is 6.10. The zero-order chi connectivity index (χ0) is 11.7. The summed E-state index contributed by atoms with van der Waals surface area (Å²) in [5, 5.41) is 6.57. The Morgan fingerprint density at radius 3 is 3.06 bits per heavy atom. The monoisotopic (exact) mass is 230 g/mol. The predicted octanol–water partition coefficient (Wildman–Crippen LogP) is 0.988. The molecule has 1 unspecified atom stereocenters. The topological polar surface area (TPSA) is 93.4 Å². The smallest absolute Gasteiger partial charge is 0.197 e. The zero-order valence-corrected chi connectivity index (χ0v) is 9.43. The molecule has 88 valence electrons. The Labute approximate surface area is 98.7 Å². The first-order chi connectivity index (χ1) is 8.34. The normalized spacial score (nSPS) is 19.7. The van der Waals surface area contributed by atoms with Crippen molar-refractivity contribution < 1.29 is 0 Å². The highest BCUT2D eigenvalue weighted by Crippen LogP contribution is 2.26. The Kier molecular flexibility index (Phi) is 2.56. The molecule has 3 rings (SSSR count). The molecule has 17 heavy (non-hydrogen) atoms. The van der Waals surface area contributed by atoms with Gasteiger partial charge in [-0.3, -0.25) is 5.10 Å². The van der Waals surface area contributed by atoms with Crippen LogP contribution in [0.2, 0.25) is 0 Å². The van der Waals surface area contributed by atoms with Crippen molar-refractivity contribution in [3.63, 3.8) is 0 Å². The third-order valence-corrected chi connectivity index (χ3v) is 3.11. The summed E-state index contributed by atoms with van der Waals surface area (Å²) < 4.78 is 0. The number of nitrogens with one attached hydrogen (secondary N) is 1. The first kappa shape index (κ1) is 10.3. The van der Waals surface area contributed by atoms with E-state index in [2.05, 4.69) is 25.1 Å². The van der Waals surface area contributed by atoms with Crippen LogP contribution in [0.25, 0.3) is 11.6 Å². The molecule has 0 aromatic carbocycles. The number of H-pyrrole nitrogens is 1. The fourth-order valence-electron chi connectivity index (χ4n) is 2.18. The number of fused-ring (bicyclic) bond motifs is 1. The van der Waals surface area contributed by atoms with E-state index in [9.17, 15) is 0 Å². The number of nitrogens with two attached hydrogens (primary N) is 1. The number of aryl methyl sites for hydroxylation is 1. The minimum absolute atomic E-state index is 0.0660. The largest absolute Gasteiger partial charge is 0.324 e. The van der Waals surface area contributed by atoms with E-state index >= 15 is 0 Å². The van der Waals surface area contributed by atoms with Crippen molar-refractivity contribution in [2.45, 2.75) is 31.7 Å². The average molecular weight is 230 g/mol. The molecule has 0 aliphatic heterocycles.